The van der Waals surface area contributed by atoms with E-state index in [-0.39, 0.29) is 18.2 Å². The van der Waals surface area contributed by atoms with E-state index < -0.39 is 28.8 Å². The number of hydrogen-bond acceptors (Lipinski definition) is 6. The Bertz CT molecular complexity index is 787. The second-order valence-corrected chi connectivity index (χ2v) is 6.99. The van der Waals surface area contributed by atoms with E-state index in [1.165, 1.54) is 18.2 Å². The van der Waals surface area contributed by atoms with Gasteiger partial charge in [-0.15, -0.1) is 0 Å². The SMILES string of the molecule is O=C(O)C[C@]1(C(=O)NC2CCCCC2)CC(c2cccc([N+](=O)[O-])c2)=NO1. The molecular formula is C18H21N3O6. The number of carboxylic acids is 1. The van der Waals surface area contributed by atoms with Gasteiger partial charge in [-0.3, -0.25) is 19.7 Å². The smallest absolute Gasteiger partial charge is 0.308 e. The number of nitro benzene ring substituents is 1. The molecule has 27 heavy (non-hydrogen) atoms. The Morgan fingerprint density at radius 1 is 1.33 bits per heavy atom. The summed E-state index contributed by atoms with van der Waals surface area (Å²) in [4.78, 5) is 40.0. The predicted octanol–water partition coefficient (Wildman–Crippen LogP) is 2.38. The number of amides is 1. The van der Waals surface area contributed by atoms with Gasteiger partial charge < -0.3 is 15.3 Å². The highest BCUT2D eigenvalue weighted by molar-refractivity contribution is 6.06. The van der Waals surface area contributed by atoms with E-state index in [0.717, 1.165) is 32.1 Å². The van der Waals surface area contributed by atoms with Crippen molar-refractivity contribution in [2.75, 3.05) is 0 Å². The lowest BCUT2D eigenvalue weighted by Gasteiger charge is -2.29. The zero-order valence-corrected chi connectivity index (χ0v) is 14.7. The summed E-state index contributed by atoms with van der Waals surface area (Å²) in [6, 6.07) is 5.81. The Kier molecular flexibility index (Phi) is 5.38. The minimum atomic E-state index is -1.64. The number of nitro groups is 1. The number of non-ortho nitro benzene ring substituents is 1. The molecule has 3 rings (SSSR count). The third-order valence-electron chi connectivity index (χ3n) is 4.96. The fourth-order valence-electron chi connectivity index (χ4n) is 3.54. The molecule has 0 spiro atoms. The number of aliphatic carboxylic acids is 1. The lowest BCUT2D eigenvalue weighted by Crippen LogP contribution is -2.52. The molecule has 1 aromatic rings. The summed E-state index contributed by atoms with van der Waals surface area (Å²) in [6.45, 7) is 0. The van der Waals surface area contributed by atoms with E-state index in [2.05, 4.69) is 10.5 Å². The maximum atomic E-state index is 12.8. The van der Waals surface area contributed by atoms with E-state index in [4.69, 9.17) is 4.84 Å². The van der Waals surface area contributed by atoms with Gasteiger partial charge in [-0.2, -0.15) is 0 Å². The zero-order chi connectivity index (χ0) is 19.4. The number of hydrogen-bond donors (Lipinski definition) is 2. The lowest BCUT2D eigenvalue weighted by molar-refractivity contribution is -0.384. The van der Waals surface area contributed by atoms with E-state index in [1.54, 1.807) is 6.07 Å². The first-order valence-corrected chi connectivity index (χ1v) is 8.92. The van der Waals surface area contributed by atoms with Gasteiger partial charge in [0.05, 0.1) is 17.1 Å². The largest absolute Gasteiger partial charge is 0.481 e. The highest BCUT2D eigenvalue weighted by atomic mass is 16.7. The van der Waals surface area contributed by atoms with Crippen LogP contribution in [0.3, 0.4) is 0 Å². The maximum Gasteiger partial charge on any atom is 0.308 e. The summed E-state index contributed by atoms with van der Waals surface area (Å²) >= 11 is 0. The van der Waals surface area contributed by atoms with Crippen molar-refractivity contribution in [1.82, 2.24) is 5.32 Å². The van der Waals surface area contributed by atoms with Gasteiger partial charge in [0.25, 0.3) is 11.6 Å². The van der Waals surface area contributed by atoms with Crippen molar-refractivity contribution in [3.63, 3.8) is 0 Å². The molecule has 0 radical (unpaired) electrons. The second-order valence-electron chi connectivity index (χ2n) is 6.99. The molecule has 1 saturated carbocycles. The first-order valence-electron chi connectivity index (χ1n) is 8.92. The molecule has 1 aliphatic heterocycles. The summed E-state index contributed by atoms with van der Waals surface area (Å²) < 4.78 is 0. The van der Waals surface area contributed by atoms with Crippen LogP contribution in [0.2, 0.25) is 0 Å². The van der Waals surface area contributed by atoms with Gasteiger partial charge in [0.1, 0.15) is 0 Å². The van der Waals surface area contributed by atoms with E-state index in [9.17, 15) is 24.8 Å². The molecule has 1 aromatic carbocycles. The van der Waals surface area contributed by atoms with Crippen LogP contribution in [0, 0.1) is 10.1 Å². The first kappa shape index (κ1) is 18.8. The number of carbonyl (C=O) groups is 2. The van der Waals surface area contributed by atoms with Crippen LogP contribution >= 0.6 is 0 Å². The number of nitrogens with zero attached hydrogens (tertiary/aromatic N) is 2. The average Bonchev–Trinajstić information content (AvgIpc) is 3.07. The van der Waals surface area contributed by atoms with Gasteiger partial charge in [-0.05, 0) is 12.8 Å². The third kappa shape index (κ3) is 4.24. The minimum absolute atomic E-state index is 0.00221. The third-order valence-corrected chi connectivity index (χ3v) is 4.96. The highest BCUT2D eigenvalue weighted by Gasteiger charge is 2.49. The Hall–Kier alpha value is -2.97. The molecule has 2 N–H and O–H groups in total. The molecule has 1 amide bonds. The fourth-order valence-corrected chi connectivity index (χ4v) is 3.54. The topological polar surface area (TPSA) is 131 Å². The molecule has 1 atom stereocenters. The van der Waals surface area contributed by atoms with Crippen molar-refractivity contribution in [1.29, 1.82) is 0 Å². The normalized spacial score (nSPS) is 22.6. The van der Waals surface area contributed by atoms with Gasteiger partial charge in [0, 0.05) is 30.2 Å². The summed E-state index contributed by atoms with van der Waals surface area (Å²) in [5.41, 5.74) is -0.998. The average molecular weight is 375 g/mol. The molecule has 0 saturated heterocycles. The molecule has 1 fully saturated rings. The number of oxime groups is 1. The fraction of sp³-hybridized carbons (Fsp3) is 0.500. The molecule has 0 aromatic heterocycles. The molecule has 9 heteroatoms. The maximum absolute atomic E-state index is 12.8. The Morgan fingerprint density at radius 2 is 2.07 bits per heavy atom. The number of rotatable bonds is 6. The highest BCUT2D eigenvalue weighted by Crippen LogP contribution is 2.32. The quantitative estimate of drug-likeness (QED) is 0.580. The molecule has 0 unspecified atom stereocenters. The van der Waals surface area contributed by atoms with Crippen molar-refractivity contribution >= 4 is 23.3 Å². The summed E-state index contributed by atoms with van der Waals surface area (Å²) in [7, 11) is 0. The number of carboxylic acid groups (broad SMARTS) is 1. The second kappa shape index (κ2) is 7.73. The van der Waals surface area contributed by atoms with Crippen molar-refractivity contribution in [3.05, 3.63) is 39.9 Å². The summed E-state index contributed by atoms with van der Waals surface area (Å²) in [5, 5.41) is 27.0. The van der Waals surface area contributed by atoms with Crippen LogP contribution in [0.25, 0.3) is 0 Å². The van der Waals surface area contributed by atoms with E-state index in [1.807, 2.05) is 0 Å². The Balaban J connectivity index is 1.78. The molecule has 9 nitrogen and oxygen atoms in total. The van der Waals surface area contributed by atoms with Crippen LogP contribution in [-0.2, 0) is 14.4 Å². The van der Waals surface area contributed by atoms with Crippen LogP contribution in [0.4, 0.5) is 5.69 Å². The minimum Gasteiger partial charge on any atom is -0.481 e. The monoisotopic (exact) mass is 375 g/mol. The van der Waals surface area contributed by atoms with Crippen LogP contribution in [0.15, 0.2) is 29.4 Å². The van der Waals surface area contributed by atoms with E-state index >= 15 is 0 Å². The number of nitrogens with one attached hydrogen (secondary N) is 1. The van der Waals surface area contributed by atoms with Crippen LogP contribution in [0.5, 0.6) is 0 Å². The summed E-state index contributed by atoms with van der Waals surface area (Å²) in [5.74, 6) is -1.68. The molecule has 1 heterocycles. The molecule has 2 aliphatic rings. The van der Waals surface area contributed by atoms with Crippen LogP contribution < -0.4 is 5.32 Å². The molecular weight excluding hydrogens is 354 g/mol. The van der Waals surface area contributed by atoms with Crippen LogP contribution in [-0.4, -0.2) is 39.3 Å². The predicted molar refractivity (Wildman–Crippen MR) is 95.3 cm³/mol. The van der Waals surface area contributed by atoms with Crippen LogP contribution in [0.1, 0.15) is 50.5 Å². The van der Waals surface area contributed by atoms with Gasteiger partial charge in [0.15, 0.2) is 0 Å². The Morgan fingerprint density at radius 3 is 2.74 bits per heavy atom. The summed E-state index contributed by atoms with van der Waals surface area (Å²) in [6.07, 6.45) is 4.29. The molecule has 1 aliphatic carbocycles. The zero-order valence-electron chi connectivity index (χ0n) is 14.7. The molecule has 144 valence electrons. The van der Waals surface area contributed by atoms with Crippen molar-refractivity contribution in [3.8, 4) is 0 Å². The standard InChI is InChI=1S/C18H21N3O6/c22-16(23)11-18(17(24)19-13-6-2-1-3-7-13)10-15(20-27-18)12-5-4-8-14(9-12)21(25)26/h4-5,8-9,13H,1-3,6-7,10-11H2,(H,19,24)(H,22,23)/t18-/m0/s1. The van der Waals surface area contributed by atoms with E-state index in [0.29, 0.717) is 11.3 Å². The lowest BCUT2D eigenvalue weighted by atomic mass is 9.88. The number of benzene rings is 1. The van der Waals surface area contributed by atoms with Gasteiger partial charge in [-0.1, -0.05) is 36.6 Å². The van der Waals surface area contributed by atoms with Gasteiger partial charge in [-0.25, -0.2) is 0 Å². The van der Waals surface area contributed by atoms with Gasteiger partial charge in [0.2, 0.25) is 5.60 Å². The Labute approximate surface area is 155 Å². The van der Waals surface area contributed by atoms with Crippen molar-refractivity contribution in [2.24, 2.45) is 5.16 Å². The van der Waals surface area contributed by atoms with Crippen molar-refractivity contribution in [2.45, 2.75) is 56.6 Å². The van der Waals surface area contributed by atoms with Gasteiger partial charge >= 0.3 is 5.97 Å². The molecule has 0 bridgehead atoms. The first-order chi connectivity index (χ1) is 12.9. The van der Waals surface area contributed by atoms with Crippen molar-refractivity contribution < 1.29 is 24.5 Å². The number of carbonyl (C=O) groups excluding carboxylic acids is 1.